The molecule has 0 spiro atoms. The molecule has 4 rings (SSSR count). The molecule has 0 bridgehead atoms. The Hall–Kier alpha value is -1.89. The minimum absolute atomic E-state index is 1.22. The average Bonchev–Trinajstić information content (AvgIpc) is 2.47. The second-order valence-corrected chi connectivity index (χ2v) is 5.62. The highest BCUT2D eigenvalue weighted by Crippen LogP contribution is 2.25. The van der Waals surface area contributed by atoms with Gasteiger partial charge in [-0.2, -0.15) is 4.40 Å². The molecule has 3 aromatic rings. The van der Waals surface area contributed by atoms with Gasteiger partial charge in [-0.25, -0.2) is 0 Å². The summed E-state index contributed by atoms with van der Waals surface area (Å²) in [7, 11) is 0. The van der Waals surface area contributed by atoms with E-state index in [1.807, 2.05) is 0 Å². The number of rotatable bonds is 0. The number of fused-ring (bicyclic) bond motifs is 5. The van der Waals surface area contributed by atoms with Crippen LogP contribution in [0.2, 0.25) is 0 Å². The molecule has 2 heterocycles. The lowest BCUT2D eigenvalue weighted by atomic mass is 9.91. The van der Waals surface area contributed by atoms with E-state index in [0.717, 1.165) is 0 Å². The van der Waals surface area contributed by atoms with E-state index >= 15 is 0 Å². The van der Waals surface area contributed by atoms with Gasteiger partial charge in [0.15, 0.2) is 11.9 Å². The molecule has 0 radical (unpaired) electrons. The zero-order chi connectivity index (χ0) is 12.8. The molecule has 0 aliphatic heterocycles. The van der Waals surface area contributed by atoms with Crippen LogP contribution in [0.1, 0.15) is 29.7 Å². The summed E-state index contributed by atoms with van der Waals surface area (Å²) in [6.07, 6.45) is 7.38. The normalized spacial score (nSPS) is 14.8. The van der Waals surface area contributed by atoms with Crippen molar-refractivity contribution in [2.45, 2.75) is 32.6 Å². The maximum absolute atomic E-state index is 2.42. The highest BCUT2D eigenvalue weighted by molar-refractivity contribution is 5.93. The predicted molar refractivity (Wildman–Crippen MR) is 78.5 cm³/mol. The van der Waals surface area contributed by atoms with Gasteiger partial charge in [0.25, 0.3) is 0 Å². The SMILES string of the molecule is Cc1cc2c3ccccc3cc[n+]2c2c1CCCC2. The Morgan fingerprint density at radius 1 is 1.00 bits per heavy atom. The first-order valence-corrected chi connectivity index (χ1v) is 7.19. The number of hydrogen-bond acceptors (Lipinski definition) is 0. The summed E-state index contributed by atoms with van der Waals surface area (Å²) >= 11 is 0. The molecule has 19 heavy (non-hydrogen) atoms. The van der Waals surface area contributed by atoms with Gasteiger partial charge in [-0.1, -0.05) is 18.2 Å². The van der Waals surface area contributed by atoms with Gasteiger partial charge in [0, 0.05) is 24.1 Å². The largest absolute Gasteiger partial charge is 0.218 e. The monoisotopic (exact) mass is 248 g/mol. The summed E-state index contributed by atoms with van der Waals surface area (Å²) in [6, 6.07) is 13.3. The Morgan fingerprint density at radius 2 is 1.84 bits per heavy atom. The fourth-order valence-corrected chi connectivity index (χ4v) is 3.50. The van der Waals surface area contributed by atoms with Gasteiger partial charge in [-0.3, -0.25) is 0 Å². The zero-order valence-electron chi connectivity index (χ0n) is 11.3. The van der Waals surface area contributed by atoms with Crippen LogP contribution in [-0.4, -0.2) is 0 Å². The molecule has 1 nitrogen and oxygen atoms in total. The first-order chi connectivity index (χ1) is 9.34. The van der Waals surface area contributed by atoms with E-state index in [4.69, 9.17) is 0 Å². The van der Waals surface area contributed by atoms with Gasteiger partial charge in [-0.05, 0) is 43.2 Å². The zero-order valence-corrected chi connectivity index (χ0v) is 11.3. The molecule has 0 amide bonds. The van der Waals surface area contributed by atoms with E-state index in [9.17, 15) is 0 Å². The molecule has 1 aromatic carbocycles. The van der Waals surface area contributed by atoms with Crippen molar-refractivity contribution in [3.05, 3.63) is 59.4 Å². The third kappa shape index (κ3) is 1.58. The standard InChI is InChI=1S/C18H18N/c1-13-12-18-16-8-3-2-6-14(16)10-11-19(18)17-9-5-4-7-15(13)17/h2-3,6,8,10-12H,4-5,7,9H2,1H3/q+1. The molecular weight excluding hydrogens is 230 g/mol. The fraction of sp³-hybridized carbons (Fsp3) is 0.278. The van der Waals surface area contributed by atoms with Gasteiger partial charge in [-0.15, -0.1) is 0 Å². The third-order valence-corrected chi connectivity index (χ3v) is 4.46. The maximum atomic E-state index is 2.42. The molecule has 0 atom stereocenters. The van der Waals surface area contributed by atoms with Crippen molar-refractivity contribution < 1.29 is 4.40 Å². The lowest BCUT2D eigenvalue weighted by molar-refractivity contribution is -0.521. The summed E-state index contributed by atoms with van der Waals surface area (Å²) < 4.78 is 2.42. The number of aryl methyl sites for hydroxylation is 2. The summed E-state index contributed by atoms with van der Waals surface area (Å²) in [5.74, 6) is 0. The highest BCUT2D eigenvalue weighted by atomic mass is 14.9. The van der Waals surface area contributed by atoms with E-state index in [2.05, 4.69) is 53.9 Å². The van der Waals surface area contributed by atoms with Crippen LogP contribution in [0.25, 0.3) is 16.3 Å². The molecule has 2 aromatic heterocycles. The van der Waals surface area contributed by atoms with Crippen LogP contribution in [0, 0.1) is 6.92 Å². The molecule has 1 aliphatic carbocycles. The Morgan fingerprint density at radius 3 is 2.79 bits per heavy atom. The minimum Gasteiger partial charge on any atom is -0.164 e. The topological polar surface area (TPSA) is 4.10 Å². The van der Waals surface area contributed by atoms with Gasteiger partial charge >= 0.3 is 0 Å². The molecule has 0 saturated heterocycles. The first-order valence-electron chi connectivity index (χ1n) is 7.19. The average molecular weight is 248 g/mol. The van der Waals surface area contributed by atoms with Crippen LogP contribution in [0.15, 0.2) is 42.6 Å². The number of nitrogens with zero attached hydrogens (tertiary/aromatic N) is 1. The number of aromatic nitrogens is 1. The van der Waals surface area contributed by atoms with Crippen molar-refractivity contribution in [2.24, 2.45) is 0 Å². The van der Waals surface area contributed by atoms with E-state index in [1.165, 1.54) is 53.2 Å². The predicted octanol–water partition coefficient (Wildman–Crippen LogP) is 3.77. The number of benzene rings is 1. The fourth-order valence-electron chi connectivity index (χ4n) is 3.50. The molecule has 0 saturated carbocycles. The first kappa shape index (κ1) is 11.0. The van der Waals surface area contributed by atoms with Crippen molar-refractivity contribution in [1.29, 1.82) is 0 Å². The third-order valence-electron chi connectivity index (χ3n) is 4.46. The Labute approximate surface area is 113 Å². The van der Waals surface area contributed by atoms with Crippen molar-refractivity contribution >= 4 is 16.3 Å². The van der Waals surface area contributed by atoms with Crippen LogP contribution in [0.5, 0.6) is 0 Å². The second kappa shape index (κ2) is 4.06. The van der Waals surface area contributed by atoms with Crippen molar-refractivity contribution in [3.8, 4) is 0 Å². The molecular formula is C18H18N+. The minimum atomic E-state index is 1.22. The van der Waals surface area contributed by atoms with Gasteiger partial charge in [0.05, 0.1) is 5.39 Å². The summed E-state index contributed by atoms with van der Waals surface area (Å²) in [5, 5.41) is 2.69. The Balaban J connectivity index is 2.19. The van der Waals surface area contributed by atoms with Crippen LogP contribution < -0.4 is 4.40 Å². The van der Waals surface area contributed by atoms with E-state index in [0.29, 0.717) is 0 Å². The summed E-state index contributed by atoms with van der Waals surface area (Å²) in [5.41, 5.74) is 5.94. The van der Waals surface area contributed by atoms with Gasteiger partial charge < -0.3 is 0 Å². The molecule has 94 valence electrons. The van der Waals surface area contributed by atoms with Crippen LogP contribution in [0.3, 0.4) is 0 Å². The van der Waals surface area contributed by atoms with E-state index < -0.39 is 0 Å². The van der Waals surface area contributed by atoms with Gasteiger partial charge in [0.1, 0.15) is 0 Å². The van der Waals surface area contributed by atoms with E-state index in [-0.39, 0.29) is 0 Å². The molecule has 1 heteroatoms. The number of pyridine rings is 2. The van der Waals surface area contributed by atoms with Crippen molar-refractivity contribution in [1.82, 2.24) is 0 Å². The lowest BCUT2D eigenvalue weighted by Crippen LogP contribution is -2.31. The van der Waals surface area contributed by atoms with Crippen LogP contribution >= 0.6 is 0 Å². The molecule has 0 fully saturated rings. The van der Waals surface area contributed by atoms with Gasteiger partial charge in [0.2, 0.25) is 5.52 Å². The highest BCUT2D eigenvalue weighted by Gasteiger charge is 2.22. The van der Waals surface area contributed by atoms with Crippen molar-refractivity contribution in [2.75, 3.05) is 0 Å². The number of hydrogen-bond donors (Lipinski definition) is 0. The Bertz CT molecular complexity index is 786. The maximum Gasteiger partial charge on any atom is 0.218 e. The van der Waals surface area contributed by atoms with E-state index in [1.54, 1.807) is 5.56 Å². The summed E-state index contributed by atoms with van der Waals surface area (Å²) in [4.78, 5) is 0. The molecule has 0 unspecified atom stereocenters. The summed E-state index contributed by atoms with van der Waals surface area (Å²) in [6.45, 7) is 2.27. The van der Waals surface area contributed by atoms with Crippen molar-refractivity contribution in [3.63, 3.8) is 0 Å². The molecule has 0 N–H and O–H groups in total. The Kier molecular flexibility index (Phi) is 2.34. The quantitative estimate of drug-likeness (QED) is 0.421. The smallest absolute Gasteiger partial charge is 0.164 e. The second-order valence-electron chi connectivity index (χ2n) is 5.62. The lowest BCUT2D eigenvalue weighted by Gasteiger charge is -2.15. The van der Waals surface area contributed by atoms with Crippen LogP contribution in [-0.2, 0) is 12.8 Å². The molecule has 1 aliphatic rings. The van der Waals surface area contributed by atoms with Crippen LogP contribution in [0.4, 0.5) is 0 Å².